The van der Waals surface area contributed by atoms with Crippen LogP contribution in [-0.4, -0.2) is 29.8 Å². The monoisotopic (exact) mass is 271 g/mol. The van der Waals surface area contributed by atoms with Crippen LogP contribution in [0.2, 0.25) is 0 Å². The van der Waals surface area contributed by atoms with Crippen LogP contribution in [0.3, 0.4) is 0 Å². The molecular formula is C16H19N2S+. The second-order valence-corrected chi connectivity index (χ2v) is 5.97. The number of nitrogens with zero attached hydrogens (tertiary/aromatic N) is 2. The average Bonchev–Trinajstić information content (AvgIpc) is 2.78. The van der Waals surface area contributed by atoms with E-state index in [0.717, 1.165) is 13.0 Å². The first-order valence-electron chi connectivity index (χ1n) is 6.75. The minimum atomic E-state index is 0.416. The average molecular weight is 271 g/mol. The number of fused-ring (bicyclic) bond motifs is 1. The Kier molecular flexibility index (Phi) is 3.47. The van der Waals surface area contributed by atoms with Crippen molar-refractivity contribution >= 4 is 23.7 Å². The first kappa shape index (κ1) is 12.5. The number of benzene rings is 1. The first-order valence-corrected chi connectivity index (χ1v) is 7.63. The minimum Gasteiger partial charge on any atom is -0.355 e. The lowest BCUT2D eigenvalue weighted by Crippen LogP contribution is -2.28. The van der Waals surface area contributed by atoms with Crippen LogP contribution in [-0.2, 0) is 0 Å². The van der Waals surface area contributed by atoms with Crippen LogP contribution >= 0.6 is 11.8 Å². The second kappa shape index (κ2) is 5.25. The summed E-state index contributed by atoms with van der Waals surface area (Å²) >= 11 is 1.95. The van der Waals surface area contributed by atoms with E-state index < -0.39 is 0 Å². The normalized spacial score (nSPS) is 23.7. The molecule has 1 unspecified atom stereocenters. The van der Waals surface area contributed by atoms with Gasteiger partial charge in [0.15, 0.2) is 11.9 Å². The van der Waals surface area contributed by atoms with Gasteiger partial charge in [-0.05, 0) is 25.1 Å². The summed E-state index contributed by atoms with van der Waals surface area (Å²) in [6.45, 7) is 3.27. The fourth-order valence-corrected chi connectivity index (χ4v) is 3.91. The third-order valence-electron chi connectivity index (χ3n) is 3.63. The van der Waals surface area contributed by atoms with E-state index in [4.69, 9.17) is 0 Å². The molecule has 0 radical (unpaired) electrons. The molecule has 19 heavy (non-hydrogen) atoms. The van der Waals surface area contributed by atoms with Crippen molar-refractivity contribution in [1.82, 2.24) is 0 Å². The molecule has 0 saturated carbocycles. The fraction of sp³-hybridized carbons (Fsp3) is 0.312. The van der Waals surface area contributed by atoms with Gasteiger partial charge in [-0.15, -0.1) is 0 Å². The molecule has 0 aromatic heterocycles. The van der Waals surface area contributed by atoms with E-state index in [9.17, 15) is 0 Å². The van der Waals surface area contributed by atoms with Gasteiger partial charge in [0.1, 0.15) is 12.4 Å². The van der Waals surface area contributed by atoms with Crippen LogP contribution in [0, 0.1) is 0 Å². The van der Waals surface area contributed by atoms with E-state index >= 15 is 0 Å². The Morgan fingerprint density at radius 2 is 2.26 bits per heavy atom. The third-order valence-corrected chi connectivity index (χ3v) is 4.86. The summed E-state index contributed by atoms with van der Waals surface area (Å²) in [5, 5.41) is 0.416. The van der Waals surface area contributed by atoms with Gasteiger partial charge in [0, 0.05) is 17.5 Å². The van der Waals surface area contributed by atoms with Gasteiger partial charge in [0.05, 0.1) is 12.1 Å². The van der Waals surface area contributed by atoms with Gasteiger partial charge in [-0.25, -0.2) is 4.58 Å². The lowest BCUT2D eigenvalue weighted by atomic mass is 10.2. The molecule has 0 spiro atoms. The van der Waals surface area contributed by atoms with Crippen LogP contribution in [0.15, 0.2) is 53.1 Å². The fourth-order valence-electron chi connectivity index (χ4n) is 2.57. The molecule has 98 valence electrons. The Labute approximate surface area is 119 Å². The number of hydrogen-bond acceptors (Lipinski definition) is 2. The maximum absolute atomic E-state index is 2.47. The van der Waals surface area contributed by atoms with Crippen molar-refractivity contribution in [2.75, 3.05) is 18.5 Å². The predicted octanol–water partition coefficient (Wildman–Crippen LogP) is 3.50. The summed E-state index contributed by atoms with van der Waals surface area (Å²) in [6, 6.07) is 8.69. The smallest absolute Gasteiger partial charge is 0.183 e. The van der Waals surface area contributed by atoms with Crippen LogP contribution < -0.4 is 4.90 Å². The summed E-state index contributed by atoms with van der Waals surface area (Å²) in [5.74, 6) is 0. The minimum absolute atomic E-state index is 0.416. The Balaban J connectivity index is 1.90. The lowest BCUT2D eigenvalue weighted by Gasteiger charge is -2.22. The molecule has 2 aliphatic rings. The van der Waals surface area contributed by atoms with E-state index in [0.29, 0.717) is 5.37 Å². The van der Waals surface area contributed by atoms with Crippen LogP contribution in [0.1, 0.15) is 13.3 Å². The van der Waals surface area contributed by atoms with E-state index in [1.54, 1.807) is 0 Å². The van der Waals surface area contributed by atoms with Crippen LogP contribution in [0.5, 0.6) is 0 Å². The lowest BCUT2D eigenvalue weighted by molar-refractivity contribution is -0.441. The number of likely N-dealkylation sites (N-methyl/N-ethyl adjacent to an activating group) is 1. The van der Waals surface area contributed by atoms with Gasteiger partial charge >= 0.3 is 0 Å². The Morgan fingerprint density at radius 3 is 3.05 bits per heavy atom. The number of anilines is 1. The van der Waals surface area contributed by atoms with Crippen molar-refractivity contribution < 1.29 is 4.58 Å². The first-order chi connectivity index (χ1) is 9.29. The highest BCUT2D eigenvalue weighted by Gasteiger charge is 2.28. The molecule has 0 aliphatic carbocycles. The van der Waals surface area contributed by atoms with Crippen molar-refractivity contribution in [1.29, 1.82) is 0 Å². The molecule has 0 amide bonds. The van der Waals surface area contributed by atoms with E-state index in [1.165, 1.54) is 16.3 Å². The predicted molar refractivity (Wildman–Crippen MR) is 83.2 cm³/mol. The number of allylic oxidation sites excluding steroid dienone is 2. The zero-order valence-corrected chi connectivity index (χ0v) is 12.2. The van der Waals surface area contributed by atoms with Crippen molar-refractivity contribution in [2.45, 2.75) is 23.6 Å². The summed E-state index contributed by atoms with van der Waals surface area (Å²) in [4.78, 5) is 3.86. The van der Waals surface area contributed by atoms with E-state index in [1.807, 2.05) is 11.8 Å². The molecule has 1 aromatic carbocycles. The highest BCUT2D eigenvalue weighted by Crippen LogP contribution is 2.43. The van der Waals surface area contributed by atoms with Crippen molar-refractivity contribution in [3.63, 3.8) is 0 Å². The van der Waals surface area contributed by atoms with Crippen LogP contribution in [0.25, 0.3) is 0 Å². The number of thioether (sulfide) groups is 1. The van der Waals surface area contributed by atoms with Gasteiger partial charge < -0.3 is 4.90 Å². The van der Waals surface area contributed by atoms with E-state index in [-0.39, 0.29) is 0 Å². The van der Waals surface area contributed by atoms with Gasteiger partial charge in [-0.1, -0.05) is 30.0 Å². The zero-order chi connectivity index (χ0) is 13.2. The summed E-state index contributed by atoms with van der Waals surface area (Å²) in [5.41, 5.74) is 2.75. The van der Waals surface area contributed by atoms with Gasteiger partial charge in [0.2, 0.25) is 0 Å². The Bertz CT molecular complexity index is 572. The van der Waals surface area contributed by atoms with E-state index in [2.05, 4.69) is 72.2 Å². The van der Waals surface area contributed by atoms with Gasteiger partial charge in [-0.2, -0.15) is 0 Å². The molecule has 2 heterocycles. The number of rotatable bonds is 2. The maximum Gasteiger partial charge on any atom is 0.183 e. The largest absolute Gasteiger partial charge is 0.355 e. The Morgan fingerprint density at radius 1 is 1.42 bits per heavy atom. The maximum atomic E-state index is 2.47. The topological polar surface area (TPSA) is 6.25 Å². The molecule has 0 fully saturated rings. The van der Waals surface area contributed by atoms with Crippen LogP contribution in [0.4, 0.5) is 5.69 Å². The molecular weight excluding hydrogens is 252 g/mol. The molecule has 3 heteroatoms. The SMILES string of the molecule is CCN1c2ccccc2SC1/C=C1\CC=CC=[N+]1C. The standard InChI is InChI=1S/C16H19N2S/c1-3-18-14-9-4-5-10-15(14)19-16(18)12-13-8-6-7-11-17(13)2/h4-7,9-12,16H,3,8H2,1-2H3/q+1/b13-12+. The number of hydrogen-bond donors (Lipinski definition) is 0. The molecule has 2 nitrogen and oxygen atoms in total. The van der Waals surface area contributed by atoms with Crippen molar-refractivity contribution in [2.24, 2.45) is 0 Å². The highest BCUT2D eigenvalue weighted by atomic mass is 32.2. The summed E-state index contributed by atoms with van der Waals surface area (Å²) in [7, 11) is 2.12. The van der Waals surface area contributed by atoms with Gasteiger partial charge in [0.25, 0.3) is 0 Å². The summed E-state index contributed by atoms with van der Waals surface area (Å²) < 4.78 is 2.22. The molecule has 0 N–H and O–H groups in total. The summed E-state index contributed by atoms with van der Waals surface area (Å²) in [6.07, 6.45) is 9.88. The van der Waals surface area contributed by atoms with Crippen molar-refractivity contribution in [3.8, 4) is 0 Å². The van der Waals surface area contributed by atoms with Gasteiger partial charge in [-0.3, -0.25) is 0 Å². The Hall–Kier alpha value is -1.48. The highest BCUT2D eigenvalue weighted by molar-refractivity contribution is 8.00. The number of para-hydroxylation sites is 1. The molecule has 1 atom stereocenters. The van der Waals surface area contributed by atoms with Crippen molar-refractivity contribution in [3.05, 3.63) is 48.2 Å². The molecule has 0 saturated heterocycles. The quantitative estimate of drug-likeness (QED) is 0.759. The molecule has 1 aromatic rings. The molecule has 0 bridgehead atoms. The second-order valence-electron chi connectivity index (χ2n) is 4.81. The zero-order valence-electron chi connectivity index (χ0n) is 11.4. The third kappa shape index (κ3) is 2.35. The molecule has 3 rings (SSSR count). The molecule has 2 aliphatic heterocycles.